The first-order chi connectivity index (χ1) is 3.55. The molecule has 0 saturated carbocycles. The summed E-state index contributed by atoms with van der Waals surface area (Å²) in [5.74, 6) is -1.01. The molecule has 0 aromatic rings. The maximum absolute atomic E-state index is 9.97. The quantitative estimate of drug-likeness (QED) is 0.456. The van der Waals surface area contributed by atoms with Crippen LogP contribution in [0.4, 0.5) is 0 Å². The molecular formula is C4H9NO2S. The van der Waals surface area contributed by atoms with E-state index in [0.717, 1.165) is 0 Å². The molecule has 2 atom stereocenters. The van der Waals surface area contributed by atoms with Crippen LogP contribution < -0.4 is 5.73 Å². The smallest absolute Gasteiger partial charge is 0.321 e. The molecule has 4 heteroatoms. The van der Waals surface area contributed by atoms with Crippen LogP contribution in [-0.2, 0) is 4.79 Å². The van der Waals surface area contributed by atoms with Crippen molar-refractivity contribution in [3.8, 4) is 0 Å². The summed E-state index contributed by atoms with van der Waals surface area (Å²) in [5.41, 5.74) is 5.08. The Hall–Kier alpha value is -0.220. The summed E-state index contributed by atoms with van der Waals surface area (Å²) in [5, 5.41) is 7.89. The molecule has 48 valence electrons. The number of nitrogens with two attached hydrogens (primary N) is 1. The fourth-order valence-electron chi connectivity index (χ4n) is 0.206. The third-order valence-corrected chi connectivity index (χ3v) is 1.13. The molecule has 3 nitrogen and oxygen atoms in total. The van der Waals surface area contributed by atoms with Gasteiger partial charge in [0.05, 0.1) is 0 Å². The summed E-state index contributed by atoms with van der Waals surface area (Å²) in [4.78, 5) is 9.97. The molecule has 0 bridgehead atoms. The first-order valence-electron chi connectivity index (χ1n) is 2.22. The maximum atomic E-state index is 9.97. The average molecular weight is 135 g/mol. The Labute approximate surface area is 53.3 Å². The molecular weight excluding hydrogens is 126 g/mol. The number of hydrogen-bond acceptors (Lipinski definition) is 3. The molecule has 0 aliphatic heterocycles. The number of hydrogen-bond donors (Lipinski definition) is 3. The van der Waals surface area contributed by atoms with Crippen molar-refractivity contribution < 1.29 is 9.90 Å². The van der Waals surface area contributed by atoms with Crippen LogP contribution in [0, 0.1) is 0 Å². The number of aliphatic carboxylic acids is 1. The van der Waals surface area contributed by atoms with Crippen molar-refractivity contribution in [2.75, 3.05) is 0 Å². The number of carbonyl (C=O) groups is 1. The van der Waals surface area contributed by atoms with Crippen molar-refractivity contribution in [3.63, 3.8) is 0 Å². The summed E-state index contributed by atoms with van der Waals surface area (Å²) in [7, 11) is 0. The van der Waals surface area contributed by atoms with Crippen LogP contribution in [-0.4, -0.2) is 22.4 Å². The predicted molar refractivity (Wildman–Crippen MR) is 34.1 cm³/mol. The lowest BCUT2D eigenvalue weighted by Crippen LogP contribution is -2.37. The van der Waals surface area contributed by atoms with E-state index in [4.69, 9.17) is 10.8 Å². The second kappa shape index (κ2) is 2.94. The lowest BCUT2D eigenvalue weighted by atomic mass is 10.2. The molecule has 0 saturated heterocycles. The molecule has 0 aliphatic carbocycles. The van der Waals surface area contributed by atoms with Crippen molar-refractivity contribution in [1.82, 2.24) is 0 Å². The highest BCUT2D eigenvalue weighted by molar-refractivity contribution is 7.81. The molecule has 0 aliphatic rings. The SMILES string of the molecule is C[C@@H](S)[C@H](N)C(=O)O. The van der Waals surface area contributed by atoms with Crippen molar-refractivity contribution in [3.05, 3.63) is 0 Å². The van der Waals surface area contributed by atoms with Crippen LogP contribution in [0.15, 0.2) is 0 Å². The zero-order chi connectivity index (χ0) is 6.73. The van der Waals surface area contributed by atoms with Crippen LogP contribution in [0.25, 0.3) is 0 Å². The molecule has 0 spiro atoms. The lowest BCUT2D eigenvalue weighted by Gasteiger charge is -2.07. The van der Waals surface area contributed by atoms with E-state index in [2.05, 4.69) is 12.6 Å². The van der Waals surface area contributed by atoms with Gasteiger partial charge in [0.15, 0.2) is 0 Å². The van der Waals surface area contributed by atoms with Crippen molar-refractivity contribution in [2.24, 2.45) is 5.73 Å². The maximum Gasteiger partial charge on any atom is 0.321 e. The van der Waals surface area contributed by atoms with E-state index in [1.165, 1.54) is 0 Å². The molecule has 0 radical (unpaired) electrons. The molecule has 0 amide bonds. The molecule has 0 fully saturated rings. The van der Waals surface area contributed by atoms with Gasteiger partial charge in [0, 0.05) is 5.25 Å². The van der Waals surface area contributed by atoms with Gasteiger partial charge >= 0.3 is 5.97 Å². The Balaban J connectivity index is 3.64. The molecule has 0 heterocycles. The standard InChI is InChI=1S/C4H9NO2S/c1-2(8)3(5)4(6)7/h2-3,8H,5H2,1H3,(H,6,7)/t2-,3+/m1/s1. The fourth-order valence-corrected chi connectivity index (χ4v) is 0.334. The van der Waals surface area contributed by atoms with Gasteiger partial charge in [0.25, 0.3) is 0 Å². The molecule has 8 heavy (non-hydrogen) atoms. The van der Waals surface area contributed by atoms with Crippen molar-refractivity contribution in [2.45, 2.75) is 18.2 Å². The first-order valence-corrected chi connectivity index (χ1v) is 2.74. The number of carboxylic acid groups (broad SMARTS) is 1. The highest BCUT2D eigenvalue weighted by atomic mass is 32.1. The van der Waals surface area contributed by atoms with Crippen LogP contribution in [0.5, 0.6) is 0 Å². The topological polar surface area (TPSA) is 63.3 Å². The predicted octanol–water partition coefficient (Wildman–Crippen LogP) is -0.283. The Morgan fingerprint density at radius 2 is 2.25 bits per heavy atom. The van der Waals surface area contributed by atoms with Crippen LogP contribution >= 0.6 is 12.6 Å². The molecule has 0 aromatic carbocycles. The van der Waals surface area contributed by atoms with E-state index in [1.54, 1.807) is 6.92 Å². The van der Waals surface area contributed by atoms with Gasteiger partial charge in [0.1, 0.15) is 6.04 Å². The van der Waals surface area contributed by atoms with E-state index in [0.29, 0.717) is 0 Å². The lowest BCUT2D eigenvalue weighted by molar-refractivity contribution is -0.138. The first kappa shape index (κ1) is 7.78. The highest BCUT2D eigenvalue weighted by Crippen LogP contribution is 1.96. The third kappa shape index (κ3) is 2.18. The second-order valence-corrected chi connectivity index (χ2v) is 2.42. The van der Waals surface area contributed by atoms with Crippen LogP contribution in [0.2, 0.25) is 0 Å². The third-order valence-electron chi connectivity index (χ3n) is 0.805. The van der Waals surface area contributed by atoms with Crippen LogP contribution in [0.3, 0.4) is 0 Å². The van der Waals surface area contributed by atoms with E-state index >= 15 is 0 Å². The summed E-state index contributed by atoms with van der Waals surface area (Å²) >= 11 is 3.83. The fraction of sp³-hybridized carbons (Fsp3) is 0.750. The molecule has 3 N–H and O–H groups in total. The highest BCUT2D eigenvalue weighted by Gasteiger charge is 2.15. The normalized spacial score (nSPS) is 17.4. The number of rotatable bonds is 2. The zero-order valence-corrected chi connectivity index (χ0v) is 5.43. The number of carboxylic acids is 1. The Bertz CT molecular complexity index is 94.0. The minimum absolute atomic E-state index is 0.285. The zero-order valence-electron chi connectivity index (χ0n) is 4.53. The Kier molecular flexibility index (Phi) is 2.86. The van der Waals surface area contributed by atoms with Crippen molar-refractivity contribution >= 4 is 18.6 Å². The van der Waals surface area contributed by atoms with E-state index in [-0.39, 0.29) is 5.25 Å². The van der Waals surface area contributed by atoms with Gasteiger partial charge in [-0.15, -0.1) is 0 Å². The Morgan fingerprint density at radius 3 is 2.25 bits per heavy atom. The van der Waals surface area contributed by atoms with E-state index < -0.39 is 12.0 Å². The van der Waals surface area contributed by atoms with Gasteiger partial charge in [-0.1, -0.05) is 6.92 Å². The van der Waals surface area contributed by atoms with E-state index in [9.17, 15) is 4.79 Å². The van der Waals surface area contributed by atoms with Crippen LogP contribution in [0.1, 0.15) is 6.92 Å². The van der Waals surface area contributed by atoms with Gasteiger partial charge in [-0.05, 0) is 0 Å². The van der Waals surface area contributed by atoms with Gasteiger partial charge in [-0.25, -0.2) is 0 Å². The minimum Gasteiger partial charge on any atom is -0.480 e. The largest absolute Gasteiger partial charge is 0.480 e. The van der Waals surface area contributed by atoms with Crippen molar-refractivity contribution in [1.29, 1.82) is 0 Å². The van der Waals surface area contributed by atoms with E-state index in [1.807, 2.05) is 0 Å². The summed E-state index contributed by atoms with van der Waals surface area (Å²) in [6, 6.07) is -0.849. The monoisotopic (exact) mass is 135 g/mol. The summed E-state index contributed by atoms with van der Waals surface area (Å²) in [6.07, 6.45) is 0. The minimum atomic E-state index is -1.01. The Morgan fingerprint density at radius 1 is 1.88 bits per heavy atom. The second-order valence-electron chi connectivity index (χ2n) is 1.60. The van der Waals surface area contributed by atoms with Gasteiger partial charge < -0.3 is 10.8 Å². The van der Waals surface area contributed by atoms with Gasteiger partial charge in [-0.3, -0.25) is 4.79 Å². The molecule has 0 unspecified atom stereocenters. The average Bonchev–Trinajstić information content (AvgIpc) is 1.64. The molecule has 0 aromatic heterocycles. The van der Waals surface area contributed by atoms with Gasteiger partial charge in [0.2, 0.25) is 0 Å². The summed E-state index contributed by atoms with van der Waals surface area (Å²) in [6.45, 7) is 1.64. The van der Waals surface area contributed by atoms with Gasteiger partial charge in [-0.2, -0.15) is 12.6 Å². The summed E-state index contributed by atoms with van der Waals surface area (Å²) < 4.78 is 0. The molecule has 0 rings (SSSR count). The number of thiol groups is 1.